The summed E-state index contributed by atoms with van der Waals surface area (Å²) in [6, 6.07) is 0.283. The predicted octanol–water partition coefficient (Wildman–Crippen LogP) is 1.66. The molecule has 1 amide bonds. The second-order valence-corrected chi connectivity index (χ2v) is 5.71. The summed E-state index contributed by atoms with van der Waals surface area (Å²) in [5, 5.41) is 11.4. The van der Waals surface area contributed by atoms with Crippen LogP contribution in [0.2, 0.25) is 0 Å². The summed E-state index contributed by atoms with van der Waals surface area (Å²) in [5.41, 5.74) is 0.972. The number of nitrogens with one attached hydrogen (secondary N) is 1. The minimum Gasteiger partial charge on any atom is -0.375 e. The zero-order valence-electron chi connectivity index (χ0n) is 12.3. The highest BCUT2D eigenvalue weighted by Gasteiger charge is 2.10. The monoisotopic (exact) mass is 298 g/mol. The fraction of sp³-hybridized carbons (Fsp3) is 0.615. The number of hydrogen-bond donors (Lipinski definition) is 1. The van der Waals surface area contributed by atoms with E-state index in [1.165, 1.54) is 11.8 Å². The Morgan fingerprint density at radius 2 is 2.35 bits per heavy atom. The van der Waals surface area contributed by atoms with Gasteiger partial charge in [0.05, 0.1) is 19.0 Å². The lowest BCUT2D eigenvalue weighted by Crippen LogP contribution is -2.29. The van der Waals surface area contributed by atoms with Gasteiger partial charge in [-0.1, -0.05) is 23.9 Å². The van der Waals surface area contributed by atoms with E-state index in [-0.39, 0.29) is 11.9 Å². The highest BCUT2D eigenvalue weighted by molar-refractivity contribution is 7.99. The molecule has 20 heavy (non-hydrogen) atoms. The van der Waals surface area contributed by atoms with Crippen LogP contribution in [0.25, 0.3) is 0 Å². The Balaban J connectivity index is 2.20. The van der Waals surface area contributed by atoms with E-state index in [0.29, 0.717) is 25.5 Å². The molecule has 1 N–H and O–H groups in total. The molecule has 0 saturated carbocycles. The summed E-state index contributed by atoms with van der Waals surface area (Å²) >= 11 is 1.38. The molecule has 1 aromatic rings. The molecule has 0 bridgehead atoms. The van der Waals surface area contributed by atoms with Crippen molar-refractivity contribution in [3.63, 3.8) is 0 Å². The maximum absolute atomic E-state index is 11.7. The topological polar surface area (TPSA) is 69.0 Å². The normalized spacial score (nSPS) is 10.8. The van der Waals surface area contributed by atoms with Gasteiger partial charge in [-0.05, 0) is 20.8 Å². The lowest BCUT2D eigenvalue weighted by molar-refractivity contribution is -0.118. The van der Waals surface area contributed by atoms with E-state index < -0.39 is 0 Å². The summed E-state index contributed by atoms with van der Waals surface area (Å²) < 4.78 is 7.24. The van der Waals surface area contributed by atoms with Crippen LogP contribution in [0.3, 0.4) is 0 Å². The van der Waals surface area contributed by atoms with E-state index in [0.717, 1.165) is 10.7 Å². The molecule has 1 aromatic heterocycles. The van der Waals surface area contributed by atoms with Crippen molar-refractivity contribution in [3.8, 4) is 0 Å². The van der Waals surface area contributed by atoms with Crippen LogP contribution in [0.1, 0.15) is 26.8 Å². The Labute approximate surface area is 124 Å². The third-order valence-electron chi connectivity index (χ3n) is 2.35. The number of hydrogen-bond acceptors (Lipinski definition) is 5. The second kappa shape index (κ2) is 8.76. The van der Waals surface area contributed by atoms with Gasteiger partial charge >= 0.3 is 0 Å². The maximum Gasteiger partial charge on any atom is 0.230 e. The standard InChI is InChI=1S/C13H22N4O2S/c1-10(2)7-19-6-5-14-12(18)8-20-13-16-15-9-17(13)11(3)4/h9,11H,1,5-8H2,2-4H3,(H,14,18). The summed E-state index contributed by atoms with van der Waals surface area (Å²) in [5.74, 6) is 0.290. The van der Waals surface area contributed by atoms with Gasteiger partial charge < -0.3 is 14.6 Å². The molecular formula is C13H22N4O2S. The Morgan fingerprint density at radius 1 is 1.60 bits per heavy atom. The first-order chi connectivity index (χ1) is 9.50. The van der Waals surface area contributed by atoms with E-state index in [1.54, 1.807) is 6.33 Å². The van der Waals surface area contributed by atoms with Gasteiger partial charge in [-0.3, -0.25) is 4.79 Å². The number of amides is 1. The number of thioether (sulfide) groups is 1. The zero-order valence-corrected chi connectivity index (χ0v) is 13.1. The smallest absolute Gasteiger partial charge is 0.230 e. The highest BCUT2D eigenvalue weighted by Crippen LogP contribution is 2.18. The summed E-state index contributed by atoms with van der Waals surface area (Å²) in [6.07, 6.45) is 1.68. The van der Waals surface area contributed by atoms with Gasteiger partial charge in [0.15, 0.2) is 5.16 Å². The molecular weight excluding hydrogens is 276 g/mol. The molecule has 0 fully saturated rings. The number of carbonyl (C=O) groups excluding carboxylic acids is 1. The zero-order chi connectivity index (χ0) is 15.0. The van der Waals surface area contributed by atoms with E-state index in [2.05, 4.69) is 22.1 Å². The molecule has 1 heterocycles. The Kier molecular flexibility index (Phi) is 7.32. The SMILES string of the molecule is C=C(C)COCCNC(=O)CSc1nncn1C(C)C. The molecule has 112 valence electrons. The molecule has 0 aliphatic heterocycles. The molecule has 6 nitrogen and oxygen atoms in total. The van der Waals surface area contributed by atoms with Gasteiger partial charge in [0.25, 0.3) is 0 Å². The molecule has 0 spiro atoms. The molecule has 0 saturated heterocycles. The van der Waals surface area contributed by atoms with Gasteiger partial charge in [-0.25, -0.2) is 0 Å². The van der Waals surface area contributed by atoms with E-state index in [4.69, 9.17) is 4.74 Å². The Morgan fingerprint density at radius 3 is 3.00 bits per heavy atom. The van der Waals surface area contributed by atoms with Gasteiger partial charge in [0.1, 0.15) is 6.33 Å². The molecule has 7 heteroatoms. The highest BCUT2D eigenvalue weighted by atomic mass is 32.2. The largest absolute Gasteiger partial charge is 0.375 e. The number of nitrogens with zero attached hydrogens (tertiary/aromatic N) is 3. The molecule has 0 unspecified atom stereocenters. The third kappa shape index (κ3) is 6.21. The fourth-order valence-electron chi connectivity index (χ4n) is 1.38. The van der Waals surface area contributed by atoms with Crippen molar-refractivity contribution in [2.24, 2.45) is 0 Å². The molecule has 0 aliphatic carbocycles. The van der Waals surface area contributed by atoms with Gasteiger partial charge in [0, 0.05) is 12.6 Å². The first-order valence-electron chi connectivity index (χ1n) is 6.51. The lowest BCUT2D eigenvalue weighted by Gasteiger charge is -2.09. The van der Waals surface area contributed by atoms with Gasteiger partial charge in [-0.15, -0.1) is 10.2 Å². The molecule has 0 atom stereocenters. The first kappa shape index (κ1) is 16.7. The number of rotatable bonds is 9. The van der Waals surface area contributed by atoms with E-state index >= 15 is 0 Å². The third-order valence-corrected chi connectivity index (χ3v) is 3.30. The first-order valence-corrected chi connectivity index (χ1v) is 7.50. The van der Waals surface area contributed by atoms with Crippen molar-refractivity contribution in [3.05, 3.63) is 18.5 Å². The molecule has 0 aromatic carbocycles. The minimum atomic E-state index is -0.0350. The Hall–Kier alpha value is -1.34. The van der Waals surface area contributed by atoms with Crippen molar-refractivity contribution in [1.29, 1.82) is 0 Å². The Bertz CT molecular complexity index is 445. The summed E-state index contributed by atoms with van der Waals surface area (Å²) in [4.78, 5) is 11.7. The number of aromatic nitrogens is 3. The van der Waals surface area contributed by atoms with Crippen LogP contribution in [-0.2, 0) is 9.53 Å². The van der Waals surface area contributed by atoms with Crippen LogP contribution in [-0.4, -0.2) is 46.2 Å². The van der Waals surface area contributed by atoms with Crippen molar-refractivity contribution >= 4 is 17.7 Å². The average molecular weight is 298 g/mol. The minimum absolute atomic E-state index is 0.0350. The van der Waals surface area contributed by atoms with Crippen LogP contribution < -0.4 is 5.32 Å². The summed E-state index contributed by atoms with van der Waals surface area (Å²) in [7, 11) is 0. The van der Waals surface area contributed by atoms with Crippen LogP contribution in [0, 0.1) is 0 Å². The van der Waals surface area contributed by atoms with Crippen molar-refractivity contribution < 1.29 is 9.53 Å². The van der Waals surface area contributed by atoms with Crippen LogP contribution in [0.15, 0.2) is 23.6 Å². The van der Waals surface area contributed by atoms with Crippen LogP contribution >= 0.6 is 11.8 Å². The molecule has 1 rings (SSSR count). The lowest BCUT2D eigenvalue weighted by atomic mass is 10.4. The maximum atomic E-state index is 11.7. The van der Waals surface area contributed by atoms with Crippen LogP contribution in [0.5, 0.6) is 0 Å². The second-order valence-electron chi connectivity index (χ2n) is 4.76. The average Bonchev–Trinajstić information content (AvgIpc) is 2.84. The molecule has 0 aliphatic rings. The number of ether oxygens (including phenoxy) is 1. The molecule has 0 radical (unpaired) electrons. The van der Waals surface area contributed by atoms with Crippen molar-refractivity contribution in [1.82, 2.24) is 20.1 Å². The predicted molar refractivity (Wildman–Crippen MR) is 79.8 cm³/mol. The van der Waals surface area contributed by atoms with Crippen molar-refractivity contribution in [2.45, 2.75) is 32.0 Å². The quantitative estimate of drug-likeness (QED) is 0.426. The van der Waals surface area contributed by atoms with Crippen molar-refractivity contribution in [2.75, 3.05) is 25.5 Å². The van der Waals surface area contributed by atoms with E-state index in [9.17, 15) is 4.79 Å². The van der Waals surface area contributed by atoms with Crippen LogP contribution in [0.4, 0.5) is 0 Å². The summed E-state index contributed by atoms with van der Waals surface area (Å²) in [6.45, 7) is 11.3. The van der Waals surface area contributed by atoms with Gasteiger partial charge in [0.2, 0.25) is 5.91 Å². The fourth-order valence-corrected chi connectivity index (χ4v) is 2.25. The van der Waals surface area contributed by atoms with E-state index in [1.807, 2.05) is 25.3 Å². The number of carbonyl (C=O) groups is 1. The van der Waals surface area contributed by atoms with Gasteiger partial charge in [-0.2, -0.15) is 0 Å².